The Morgan fingerprint density at radius 3 is 2.67 bits per heavy atom. The molecular weight excluding hydrogens is 235 g/mol. The Balaban J connectivity index is 2.02. The zero-order chi connectivity index (χ0) is 13.0. The number of hydrogen-bond acceptors (Lipinski definition) is 3. The monoisotopic (exact) mass is 246 g/mol. The summed E-state index contributed by atoms with van der Waals surface area (Å²) in [5.41, 5.74) is 1.12. The Hall–Kier alpha value is -2.43. The fraction of sp³-hybridized carbons (Fsp3) is 0.0769. The van der Waals surface area contributed by atoms with Crippen LogP contribution in [-0.2, 0) is 6.54 Å². The van der Waals surface area contributed by atoms with Crippen LogP contribution in [0, 0.1) is 5.82 Å². The van der Waals surface area contributed by atoms with Crippen molar-refractivity contribution >= 4 is 5.91 Å². The number of phenols is 1. The molecule has 0 atom stereocenters. The highest BCUT2D eigenvalue weighted by Crippen LogP contribution is 2.16. The van der Waals surface area contributed by atoms with Gasteiger partial charge in [0.1, 0.15) is 0 Å². The molecule has 1 aromatic heterocycles. The predicted molar refractivity (Wildman–Crippen MR) is 63.5 cm³/mol. The predicted octanol–water partition coefficient (Wildman–Crippen LogP) is 1.86. The minimum Gasteiger partial charge on any atom is -0.505 e. The first kappa shape index (κ1) is 12.0. The summed E-state index contributed by atoms with van der Waals surface area (Å²) in [6, 6.07) is 7.02. The van der Waals surface area contributed by atoms with Crippen molar-refractivity contribution in [3.8, 4) is 5.75 Å². The molecule has 18 heavy (non-hydrogen) atoms. The molecule has 1 heterocycles. The van der Waals surface area contributed by atoms with Crippen LogP contribution in [-0.4, -0.2) is 16.0 Å². The fourth-order valence-corrected chi connectivity index (χ4v) is 1.44. The van der Waals surface area contributed by atoms with Crippen molar-refractivity contribution in [2.75, 3.05) is 0 Å². The molecule has 0 aliphatic carbocycles. The molecular formula is C13H11FN2O2. The third-order valence-corrected chi connectivity index (χ3v) is 2.41. The van der Waals surface area contributed by atoms with Crippen molar-refractivity contribution in [3.63, 3.8) is 0 Å². The Kier molecular flexibility index (Phi) is 3.52. The number of phenolic OH excluding ortho intramolecular Hbond substituents is 1. The van der Waals surface area contributed by atoms with E-state index in [1.165, 1.54) is 6.07 Å². The van der Waals surface area contributed by atoms with Gasteiger partial charge in [0.15, 0.2) is 11.6 Å². The molecule has 2 aromatic rings. The average molecular weight is 246 g/mol. The van der Waals surface area contributed by atoms with Gasteiger partial charge < -0.3 is 10.4 Å². The van der Waals surface area contributed by atoms with Gasteiger partial charge in [0.2, 0.25) is 0 Å². The number of carbonyl (C=O) groups excluding carboxylic acids is 1. The van der Waals surface area contributed by atoms with Crippen LogP contribution in [0.2, 0.25) is 0 Å². The van der Waals surface area contributed by atoms with E-state index in [9.17, 15) is 14.3 Å². The van der Waals surface area contributed by atoms with Gasteiger partial charge in [0.05, 0.1) is 0 Å². The first-order chi connectivity index (χ1) is 8.66. The molecule has 1 amide bonds. The number of nitrogens with zero attached hydrogens (tertiary/aromatic N) is 1. The molecule has 0 saturated heterocycles. The molecule has 2 rings (SSSR count). The Labute approximate surface area is 103 Å². The molecule has 0 saturated carbocycles. The van der Waals surface area contributed by atoms with Crippen molar-refractivity contribution in [2.45, 2.75) is 6.54 Å². The van der Waals surface area contributed by atoms with Crippen molar-refractivity contribution in [1.29, 1.82) is 0 Å². The lowest BCUT2D eigenvalue weighted by atomic mass is 10.2. The van der Waals surface area contributed by atoms with Crippen LogP contribution in [0.15, 0.2) is 42.7 Å². The van der Waals surface area contributed by atoms with E-state index in [4.69, 9.17) is 0 Å². The maximum absolute atomic E-state index is 12.8. The zero-order valence-corrected chi connectivity index (χ0v) is 9.43. The van der Waals surface area contributed by atoms with Crippen molar-refractivity contribution in [1.82, 2.24) is 10.3 Å². The summed E-state index contributed by atoms with van der Waals surface area (Å²) >= 11 is 0. The van der Waals surface area contributed by atoms with Gasteiger partial charge >= 0.3 is 0 Å². The number of pyridine rings is 1. The van der Waals surface area contributed by atoms with Gasteiger partial charge in [-0.05, 0) is 35.9 Å². The van der Waals surface area contributed by atoms with Gasteiger partial charge in [-0.25, -0.2) is 4.39 Å². The molecule has 0 radical (unpaired) electrons. The molecule has 0 spiro atoms. The van der Waals surface area contributed by atoms with E-state index in [1.807, 2.05) is 0 Å². The molecule has 2 N–H and O–H groups in total. The number of benzene rings is 1. The molecule has 0 bridgehead atoms. The topological polar surface area (TPSA) is 62.2 Å². The van der Waals surface area contributed by atoms with E-state index < -0.39 is 11.6 Å². The summed E-state index contributed by atoms with van der Waals surface area (Å²) in [6.07, 6.45) is 3.26. The van der Waals surface area contributed by atoms with Crippen LogP contribution in [0.1, 0.15) is 15.9 Å². The second kappa shape index (κ2) is 5.27. The van der Waals surface area contributed by atoms with Crippen molar-refractivity contribution in [3.05, 3.63) is 59.7 Å². The lowest BCUT2D eigenvalue weighted by molar-refractivity contribution is 0.0950. The number of halogens is 1. The quantitative estimate of drug-likeness (QED) is 0.868. The van der Waals surface area contributed by atoms with E-state index in [1.54, 1.807) is 24.5 Å². The highest BCUT2D eigenvalue weighted by atomic mass is 19.1. The Morgan fingerprint density at radius 2 is 2.00 bits per heavy atom. The first-order valence-electron chi connectivity index (χ1n) is 5.32. The summed E-state index contributed by atoms with van der Waals surface area (Å²) in [5, 5.41) is 11.8. The van der Waals surface area contributed by atoms with Crippen LogP contribution in [0.25, 0.3) is 0 Å². The third kappa shape index (κ3) is 2.82. The Morgan fingerprint density at radius 1 is 1.28 bits per heavy atom. The number of aromatic hydroxyl groups is 1. The maximum atomic E-state index is 12.8. The molecule has 1 aromatic carbocycles. The lowest BCUT2D eigenvalue weighted by Gasteiger charge is -2.05. The summed E-state index contributed by atoms with van der Waals surface area (Å²) in [7, 11) is 0. The highest BCUT2D eigenvalue weighted by Gasteiger charge is 2.08. The SMILES string of the molecule is O=C(NCc1ccncc1)c1ccc(F)c(O)c1. The summed E-state index contributed by atoms with van der Waals surface area (Å²) in [6.45, 7) is 0.347. The lowest BCUT2D eigenvalue weighted by Crippen LogP contribution is -2.22. The summed E-state index contributed by atoms with van der Waals surface area (Å²) < 4.78 is 12.8. The Bertz CT molecular complexity index is 558. The molecule has 0 fully saturated rings. The minimum atomic E-state index is -0.749. The second-order valence-electron chi connectivity index (χ2n) is 3.70. The van der Waals surface area contributed by atoms with E-state index in [2.05, 4.69) is 10.3 Å². The van der Waals surface area contributed by atoms with Crippen LogP contribution >= 0.6 is 0 Å². The maximum Gasteiger partial charge on any atom is 0.251 e. The van der Waals surface area contributed by atoms with Gasteiger partial charge in [-0.1, -0.05) is 0 Å². The van der Waals surface area contributed by atoms with Crippen LogP contribution < -0.4 is 5.32 Å². The van der Waals surface area contributed by atoms with Gasteiger partial charge in [0.25, 0.3) is 5.91 Å². The summed E-state index contributed by atoms with van der Waals surface area (Å²) in [5.74, 6) is -1.66. The highest BCUT2D eigenvalue weighted by molar-refractivity contribution is 5.94. The van der Waals surface area contributed by atoms with Crippen LogP contribution in [0.3, 0.4) is 0 Å². The number of aromatic nitrogens is 1. The number of carbonyl (C=O) groups is 1. The number of hydrogen-bond donors (Lipinski definition) is 2. The summed E-state index contributed by atoms with van der Waals surface area (Å²) in [4.78, 5) is 15.6. The van der Waals surface area contributed by atoms with Crippen molar-refractivity contribution < 1.29 is 14.3 Å². The van der Waals surface area contributed by atoms with E-state index in [0.29, 0.717) is 6.54 Å². The van der Waals surface area contributed by atoms with Crippen LogP contribution in [0.4, 0.5) is 4.39 Å². The normalized spacial score (nSPS) is 10.1. The van der Waals surface area contributed by atoms with Gasteiger partial charge in [-0.15, -0.1) is 0 Å². The van der Waals surface area contributed by atoms with Gasteiger partial charge in [-0.3, -0.25) is 9.78 Å². The zero-order valence-electron chi connectivity index (χ0n) is 9.43. The van der Waals surface area contributed by atoms with Crippen LogP contribution in [0.5, 0.6) is 5.75 Å². The molecule has 4 nitrogen and oxygen atoms in total. The first-order valence-corrected chi connectivity index (χ1v) is 5.32. The van der Waals surface area contributed by atoms with Gasteiger partial charge in [0, 0.05) is 24.5 Å². The average Bonchev–Trinajstić information content (AvgIpc) is 2.40. The standard InChI is InChI=1S/C13H11FN2O2/c14-11-2-1-10(7-12(11)17)13(18)16-8-9-3-5-15-6-4-9/h1-7,17H,8H2,(H,16,18). The fourth-order valence-electron chi connectivity index (χ4n) is 1.44. The number of rotatable bonds is 3. The largest absolute Gasteiger partial charge is 0.505 e. The number of nitrogens with one attached hydrogen (secondary N) is 1. The molecule has 5 heteroatoms. The van der Waals surface area contributed by atoms with E-state index in [0.717, 1.165) is 17.7 Å². The molecule has 0 aliphatic heterocycles. The third-order valence-electron chi connectivity index (χ3n) is 2.41. The number of amides is 1. The molecule has 92 valence electrons. The van der Waals surface area contributed by atoms with Crippen molar-refractivity contribution in [2.24, 2.45) is 0 Å². The van der Waals surface area contributed by atoms with E-state index in [-0.39, 0.29) is 11.5 Å². The van der Waals surface area contributed by atoms with E-state index >= 15 is 0 Å². The second-order valence-corrected chi connectivity index (χ2v) is 3.70. The van der Waals surface area contributed by atoms with Gasteiger partial charge in [-0.2, -0.15) is 0 Å². The minimum absolute atomic E-state index is 0.211. The molecule has 0 unspecified atom stereocenters. The smallest absolute Gasteiger partial charge is 0.251 e. The molecule has 0 aliphatic rings.